The predicted octanol–water partition coefficient (Wildman–Crippen LogP) is 2.71. The van der Waals surface area contributed by atoms with Crippen LogP contribution in [-0.4, -0.2) is 5.78 Å². The van der Waals surface area contributed by atoms with Gasteiger partial charge in [0.15, 0.2) is 0 Å². The molecule has 58 valence electrons. The molecule has 0 rings (SSSR count). The minimum absolute atomic E-state index is 0.362. The molecular weight excluding hydrogens is 124 g/mol. The number of hydrogen-bond donors (Lipinski definition) is 0. The van der Waals surface area contributed by atoms with E-state index in [0.717, 1.165) is 12.8 Å². The maximum Gasteiger partial charge on any atom is 0.132 e. The second-order valence-electron chi connectivity index (χ2n) is 2.31. The number of carbonyl (C=O) groups is 1. The summed E-state index contributed by atoms with van der Waals surface area (Å²) in [6.45, 7) is 4.00. The lowest BCUT2D eigenvalue weighted by atomic mass is 10.2. The minimum atomic E-state index is 0.362. The monoisotopic (exact) mass is 140 g/mol. The number of rotatable bonds is 5. The number of allylic oxidation sites excluding steroid dienone is 2. The molecule has 0 bridgehead atoms. The first-order chi connectivity index (χ1) is 4.81. The molecule has 10 heavy (non-hydrogen) atoms. The van der Waals surface area contributed by atoms with Crippen molar-refractivity contribution in [3.05, 3.63) is 12.2 Å². The highest BCUT2D eigenvalue weighted by molar-refractivity contribution is 5.78. The van der Waals surface area contributed by atoms with Crippen LogP contribution >= 0.6 is 0 Å². The van der Waals surface area contributed by atoms with Crippen LogP contribution in [0.4, 0.5) is 0 Å². The van der Waals surface area contributed by atoms with Crippen LogP contribution in [0.3, 0.4) is 0 Å². The molecule has 0 aliphatic carbocycles. The lowest BCUT2D eigenvalue weighted by Crippen LogP contribution is -1.92. The molecule has 0 heterocycles. The molecule has 0 saturated heterocycles. The fourth-order valence-corrected chi connectivity index (χ4v) is 0.706. The van der Waals surface area contributed by atoms with E-state index in [0.29, 0.717) is 18.6 Å². The molecule has 0 spiro atoms. The van der Waals surface area contributed by atoms with Gasteiger partial charge in [-0.05, 0) is 12.8 Å². The Morgan fingerprint density at radius 3 is 2.50 bits per heavy atom. The molecule has 0 aromatic carbocycles. The first-order valence-electron chi connectivity index (χ1n) is 3.98. The number of Topliss-reactive ketones (excluding diaryl/α,β-unsaturated/α-hetero) is 1. The summed E-state index contributed by atoms with van der Waals surface area (Å²) in [6.07, 6.45) is 7.56. The van der Waals surface area contributed by atoms with Crippen LogP contribution in [0, 0.1) is 0 Å². The van der Waals surface area contributed by atoms with Crippen molar-refractivity contribution in [2.24, 2.45) is 0 Å². The zero-order chi connectivity index (χ0) is 7.82. The Bertz CT molecular complexity index is 114. The van der Waals surface area contributed by atoms with Gasteiger partial charge in [-0.3, -0.25) is 4.79 Å². The van der Waals surface area contributed by atoms with Crippen molar-refractivity contribution in [3.8, 4) is 0 Å². The van der Waals surface area contributed by atoms with Gasteiger partial charge in [-0.2, -0.15) is 0 Å². The van der Waals surface area contributed by atoms with E-state index in [2.05, 4.69) is 19.1 Å². The average molecular weight is 140 g/mol. The zero-order valence-corrected chi connectivity index (χ0v) is 6.89. The van der Waals surface area contributed by atoms with E-state index in [4.69, 9.17) is 0 Å². The Labute approximate surface area is 63.1 Å². The van der Waals surface area contributed by atoms with Crippen LogP contribution in [0.2, 0.25) is 0 Å². The van der Waals surface area contributed by atoms with Gasteiger partial charge in [-0.1, -0.05) is 26.0 Å². The van der Waals surface area contributed by atoms with Crippen molar-refractivity contribution in [1.29, 1.82) is 0 Å². The van der Waals surface area contributed by atoms with Crippen molar-refractivity contribution in [1.82, 2.24) is 0 Å². The van der Waals surface area contributed by atoms with Crippen LogP contribution in [-0.2, 0) is 4.79 Å². The molecular formula is C9H16O. The van der Waals surface area contributed by atoms with E-state index in [1.165, 1.54) is 0 Å². The fraction of sp³-hybridized carbons (Fsp3) is 0.667. The quantitative estimate of drug-likeness (QED) is 0.536. The Morgan fingerprint density at radius 1 is 1.30 bits per heavy atom. The van der Waals surface area contributed by atoms with Crippen molar-refractivity contribution in [2.45, 2.75) is 39.5 Å². The first-order valence-corrected chi connectivity index (χ1v) is 3.98. The molecule has 0 unspecified atom stereocenters. The van der Waals surface area contributed by atoms with Crippen LogP contribution < -0.4 is 0 Å². The van der Waals surface area contributed by atoms with Crippen molar-refractivity contribution in [3.63, 3.8) is 0 Å². The van der Waals surface area contributed by atoms with Crippen LogP contribution in [0.1, 0.15) is 39.5 Å². The topological polar surface area (TPSA) is 17.1 Å². The molecule has 0 radical (unpaired) electrons. The third kappa shape index (κ3) is 5.54. The minimum Gasteiger partial charge on any atom is -0.300 e. The Balaban J connectivity index is 3.19. The van der Waals surface area contributed by atoms with E-state index >= 15 is 0 Å². The molecule has 0 aliphatic heterocycles. The molecule has 0 aromatic rings. The maximum atomic E-state index is 10.7. The second-order valence-corrected chi connectivity index (χ2v) is 2.31. The molecule has 1 nitrogen and oxygen atoms in total. The van der Waals surface area contributed by atoms with Crippen LogP contribution in [0.15, 0.2) is 12.2 Å². The lowest BCUT2D eigenvalue weighted by Gasteiger charge is -1.90. The summed E-state index contributed by atoms with van der Waals surface area (Å²) in [7, 11) is 0. The summed E-state index contributed by atoms with van der Waals surface area (Å²) in [5, 5.41) is 0. The predicted molar refractivity (Wildman–Crippen MR) is 44.0 cm³/mol. The van der Waals surface area contributed by atoms with Gasteiger partial charge in [0, 0.05) is 12.8 Å². The summed E-state index contributed by atoms with van der Waals surface area (Å²) in [6, 6.07) is 0. The Kier molecular flexibility index (Phi) is 6.14. The Hall–Kier alpha value is -0.590. The molecule has 0 amide bonds. The van der Waals surface area contributed by atoms with E-state index in [1.807, 2.05) is 6.92 Å². The zero-order valence-electron chi connectivity index (χ0n) is 6.89. The molecule has 1 heteroatoms. The molecule has 0 fully saturated rings. The smallest absolute Gasteiger partial charge is 0.132 e. The summed E-state index contributed by atoms with van der Waals surface area (Å²) in [4.78, 5) is 10.7. The van der Waals surface area contributed by atoms with Crippen molar-refractivity contribution < 1.29 is 4.79 Å². The highest BCUT2D eigenvalue weighted by Gasteiger charge is 1.93. The fourth-order valence-electron chi connectivity index (χ4n) is 0.706. The summed E-state index contributed by atoms with van der Waals surface area (Å²) in [5.74, 6) is 0.362. The lowest BCUT2D eigenvalue weighted by molar-refractivity contribution is -0.118. The van der Waals surface area contributed by atoms with E-state index in [9.17, 15) is 4.79 Å². The molecule has 0 aromatic heterocycles. The Morgan fingerprint density at radius 2 is 2.00 bits per heavy atom. The highest BCUT2D eigenvalue weighted by Crippen LogP contribution is 1.96. The second kappa shape index (κ2) is 6.53. The molecule has 0 N–H and O–H groups in total. The standard InChI is InChI=1S/C9H16O/c1-3-5-6-7-8-9(10)4-2/h5-6H,3-4,7-8H2,1-2H3. The van der Waals surface area contributed by atoms with Crippen molar-refractivity contribution in [2.75, 3.05) is 0 Å². The largest absolute Gasteiger partial charge is 0.300 e. The number of carbonyl (C=O) groups excluding carboxylic acids is 1. The molecule has 0 saturated carbocycles. The normalized spacial score (nSPS) is 10.6. The van der Waals surface area contributed by atoms with E-state index < -0.39 is 0 Å². The first kappa shape index (κ1) is 9.41. The SMILES string of the molecule is CCC=CCCC(=O)CC. The van der Waals surface area contributed by atoms with Crippen molar-refractivity contribution >= 4 is 5.78 Å². The van der Waals surface area contributed by atoms with Crippen LogP contribution in [0.25, 0.3) is 0 Å². The summed E-state index contributed by atoms with van der Waals surface area (Å²) >= 11 is 0. The summed E-state index contributed by atoms with van der Waals surface area (Å²) < 4.78 is 0. The van der Waals surface area contributed by atoms with E-state index in [-0.39, 0.29) is 0 Å². The average Bonchev–Trinajstić information content (AvgIpc) is 1.98. The maximum absolute atomic E-state index is 10.7. The van der Waals surface area contributed by atoms with Gasteiger partial charge < -0.3 is 0 Å². The van der Waals surface area contributed by atoms with Gasteiger partial charge in [-0.25, -0.2) is 0 Å². The van der Waals surface area contributed by atoms with Gasteiger partial charge in [0.2, 0.25) is 0 Å². The van der Waals surface area contributed by atoms with Crippen LogP contribution in [0.5, 0.6) is 0 Å². The molecule has 0 aliphatic rings. The number of hydrogen-bond acceptors (Lipinski definition) is 1. The van der Waals surface area contributed by atoms with Gasteiger partial charge in [0.25, 0.3) is 0 Å². The van der Waals surface area contributed by atoms with Gasteiger partial charge in [0.1, 0.15) is 5.78 Å². The van der Waals surface area contributed by atoms with Gasteiger partial charge in [0.05, 0.1) is 0 Å². The highest BCUT2D eigenvalue weighted by atomic mass is 16.1. The molecule has 0 atom stereocenters. The van der Waals surface area contributed by atoms with Gasteiger partial charge in [-0.15, -0.1) is 0 Å². The third-order valence-electron chi connectivity index (χ3n) is 1.39. The third-order valence-corrected chi connectivity index (χ3v) is 1.39. The van der Waals surface area contributed by atoms with E-state index in [1.54, 1.807) is 0 Å². The van der Waals surface area contributed by atoms with Gasteiger partial charge >= 0.3 is 0 Å². The summed E-state index contributed by atoms with van der Waals surface area (Å²) in [5.41, 5.74) is 0. The number of ketones is 1.